The number of nitrogens with two attached hydrogens (primary N) is 1. The van der Waals surface area contributed by atoms with Crippen LogP contribution in [0.1, 0.15) is 29.7 Å². The number of carbonyl (C=O) groups excluding carboxylic acids is 1. The highest BCUT2D eigenvalue weighted by Gasteiger charge is 2.37. The molecule has 2 aromatic rings. The maximum Gasteiger partial charge on any atom is 0.340 e. The lowest BCUT2D eigenvalue weighted by Gasteiger charge is -2.27. The van der Waals surface area contributed by atoms with Crippen molar-refractivity contribution in [1.29, 1.82) is 0 Å². The summed E-state index contributed by atoms with van der Waals surface area (Å²) in [6, 6.07) is 5.18. The van der Waals surface area contributed by atoms with E-state index in [0.29, 0.717) is 22.6 Å². The van der Waals surface area contributed by atoms with Gasteiger partial charge in [-0.25, -0.2) is 4.79 Å². The highest BCUT2D eigenvalue weighted by atomic mass is 16.5. The van der Waals surface area contributed by atoms with Crippen LogP contribution in [0, 0.1) is 6.92 Å². The first-order chi connectivity index (χ1) is 11.5. The number of carbonyl (C=O) groups is 1. The quantitative estimate of drug-likeness (QED) is 0.824. The average molecular weight is 327 g/mol. The van der Waals surface area contributed by atoms with E-state index in [4.69, 9.17) is 15.2 Å². The van der Waals surface area contributed by atoms with Crippen molar-refractivity contribution in [2.24, 2.45) is 5.73 Å². The van der Waals surface area contributed by atoms with E-state index in [1.54, 1.807) is 44.4 Å². The molecule has 1 aliphatic heterocycles. The summed E-state index contributed by atoms with van der Waals surface area (Å²) in [4.78, 5) is 31.7. The topological polar surface area (TPSA) is 107 Å². The lowest BCUT2D eigenvalue weighted by atomic mass is 9.84. The molecule has 3 N–H and O–H groups in total. The van der Waals surface area contributed by atoms with Gasteiger partial charge in [0.05, 0.1) is 18.1 Å². The number of aromatic amines is 1. The molecular formula is C17H17N3O4. The third-order valence-corrected chi connectivity index (χ3v) is 3.74. The van der Waals surface area contributed by atoms with E-state index in [0.717, 1.165) is 0 Å². The van der Waals surface area contributed by atoms with Gasteiger partial charge in [-0.3, -0.25) is 9.78 Å². The van der Waals surface area contributed by atoms with Crippen molar-refractivity contribution < 1.29 is 14.3 Å². The molecular weight excluding hydrogens is 310 g/mol. The molecule has 0 fully saturated rings. The molecule has 3 heterocycles. The summed E-state index contributed by atoms with van der Waals surface area (Å²) >= 11 is 0. The lowest BCUT2D eigenvalue weighted by Crippen LogP contribution is -2.32. The van der Waals surface area contributed by atoms with E-state index in [-0.39, 0.29) is 23.6 Å². The van der Waals surface area contributed by atoms with Crippen LogP contribution in [-0.4, -0.2) is 22.5 Å². The summed E-state index contributed by atoms with van der Waals surface area (Å²) in [6.45, 7) is 3.62. The van der Waals surface area contributed by atoms with Gasteiger partial charge in [0.25, 0.3) is 5.56 Å². The molecule has 0 saturated carbocycles. The Hall–Kier alpha value is -3.09. The Morgan fingerprint density at radius 2 is 2.29 bits per heavy atom. The zero-order valence-electron chi connectivity index (χ0n) is 13.3. The van der Waals surface area contributed by atoms with Crippen LogP contribution in [0.3, 0.4) is 0 Å². The zero-order chi connectivity index (χ0) is 17.3. The summed E-state index contributed by atoms with van der Waals surface area (Å²) in [5.41, 5.74) is 7.34. The van der Waals surface area contributed by atoms with Gasteiger partial charge in [0.1, 0.15) is 11.3 Å². The third kappa shape index (κ3) is 2.64. The zero-order valence-corrected chi connectivity index (χ0v) is 13.3. The van der Waals surface area contributed by atoms with Gasteiger partial charge >= 0.3 is 5.97 Å². The molecule has 0 unspecified atom stereocenters. The smallest absolute Gasteiger partial charge is 0.340 e. The minimum absolute atomic E-state index is 0.0696. The minimum atomic E-state index is -0.703. The monoisotopic (exact) mass is 327 g/mol. The van der Waals surface area contributed by atoms with Crippen LogP contribution in [0.2, 0.25) is 0 Å². The van der Waals surface area contributed by atoms with Crippen LogP contribution in [0.4, 0.5) is 0 Å². The SMILES string of the molecule is CCOC(=O)C1=C(N)Oc2cc(C)[nH]c(=O)c2[C@H]1c1cccnc1. The number of pyridine rings is 2. The molecule has 3 rings (SSSR count). The molecule has 7 nitrogen and oxygen atoms in total. The highest BCUT2D eigenvalue weighted by Crippen LogP contribution is 2.40. The second-order valence-electron chi connectivity index (χ2n) is 5.38. The molecule has 1 aliphatic rings. The Bertz CT molecular complexity index is 871. The van der Waals surface area contributed by atoms with Gasteiger partial charge in [-0.1, -0.05) is 6.07 Å². The number of H-pyrrole nitrogens is 1. The standard InChI is InChI=1S/C17H17N3O4/c1-3-23-17(22)14-12(10-5-4-6-19-8-10)13-11(24-15(14)18)7-9(2)20-16(13)21/h4-8,12H,3,18H2,1-2H3,(H,20,21)/t12-/m1/s1. The molecule has 0 aliphatic carbocycles. The average Bonchev–Trinajstić information content (AvgIpc) is 2.54. The summed E-state index contributed by atoms with van der Waals surface area (Å²) in [7, 11) is 0. The van der Waals surface area contributed by atoms with E-state index in [9.17, 15) is 9.59 Å². The van der Waals surface area contributed by atoms with Crippen molar-refractivity contribution in [3.05, 3.63) is 69.2 Å². The van der Waals surface area contributed by atoms with Crippen molar-refractivity contribution >= 4 is 5.97 Å². The van der Waals surface area contributed by atoms with Crippen LogP contribution in [-0.2, 0) is 9.53 Å². The van der Waals surface area contributed by atoms with E-state index < -0.39 is 11.9 Å². The summed E-state index contributed by atoms with van der Waals surface area (Å²) < 4.78 is 10.6. The second-order valence-corrected chi connectivity index (χ2v) is 5.38. The Balaban J connectivity index is 2.26. The van der Waals surface area contributed by atoms with Gasteiger partial charge in [0.15, 0.2) is 0 Å². The van der Waals surface area contributed by atoms with Crippen LogP contribution in [0.5, 0.6) is 5.75 Å². The molecule has 24 heavy (non-hydrogen) atoms. The van der Waals surface area contributed by atoms with E-state index in [2.05, 4.69) is 9.97 Å². The largest absolute Gasteiger partial charge is 0.462 e. The van der Waals surface area contributed by atoms with E-state index in [1.165, 1.54) is 0 Å². The predicted octanol–water partition coefficient (Wildman–Crippen LogP) is 1.34. The third-order valence-electron chi connectivity index (χ3n) is 3.74. The predicted molar refractivity (Wildman–Crippen MR) is 86.4 cm³/mol. The number of aryl methyl sites for hydroxylation is 1. The van der Waals surface area contributed by atoms with Gasteiger partial charge in [0.2, 0.25) is 5.88 Å². The second kappa shape index (κ2) is 6.19. The molecule has 0 bridgehead atoms. The lowest BCUT2D eigenvalue weighted by molar-refractivity contribution is -0.139. The number of nitrogens with one attached hydrogen (secondary N) is 1. The number of nitrogens with zero attached hydrogens (tertiary/aromatic N) is 1. The fraction of sp³-hybridized carbons (Fsp3) is 0.235. The maximum absolute atomic E-state index is 12.5. The van der Waals surface area contributed by atoms with Gasteiger partial charge in [-0.15, -0.1) is 0 Å². The van der Waals surface area contributed by atoms with Gasteiger partial charge < -0.3 is 20.2 Å². The van der Waals surface area contributed by atoms with Crippen molar-refractivity contribution in [1.82, 2.24) is 9.97 Å². The summed E-state index contributed by atoms with van der Waals surface area (Å²) in [5, 5.41) is 0. The maximum atomic E-state index is 12.5. The first-order valence-corrected chi connectivity index (χ1v) is 7.51. The number of aromatic nitrogens is 2. The van der Waals surface area contributed by atoms with Crippen molar-refractivity contribution in [3.63, 3.8) is 0 Å². The summed E-state index contributed by atoms with van der Waals surface area (Å²) in [5.74, 6) is -1.06. The molecule has 1 atom stereocenters. The van der Waals surface area contributed by atoms with E-state index >= 15 is 0 Å². The normalized spacial score (nSPS) is 16.3. The van der Waals surface area contributed by atoms with Crippen molar-refractivity contribution in [2.75, 3.05) is 6.61 Å². The Morgan fingerprint density at radius 3 is 2.96 bits per heavy atom. The summed E-state index contributed by atoms with van der Waals surface area (Å²) in [6.07, 6.45) is 3.20. The van der Waals surface area contributed by atoms with Gasteiger partial charge in [0, 0.05) is 24.2 Å². The number of esters is 1. The van der Waals surface area contributed by atoms with Gasteiger partial charge in [-0.2, -0.15) is 0 Å². The fourth-order valence-electron chi connectivity index (χ4n) is 2.79. The minimum Gasteiger partial charge on any atom is -0.462 e. The van der Waals surface area contributed by atoms with Gasteiger partial charge in [-0.05, 0) is 25.5 Å². The Labute approximate surface area is 138 Å². The Morgan fingerprint density at radius 1 is 1.50 bits per heavy atom. The van der Waals surface area contributed by atoms with Crippen molar-refractivity contribution in [2.45, 2.75) is 19.8 Å². The number of hydrogen-bond donors (Lipinski definition) is 2. The number of hydrogen-bond acceptors (Lipinski definition) is 6. The van der Waals surface area contributed by atoms with Crippen molar-refractivity contribution in [3.8, 4) is 5.75 Å². The molecule has 0 aromatic carbocycles. The van der Waals surface area contributed by atoms with Crippen LogP contribution >= 0.6 is 0 Å². The molecule has 124 valence electrons. The first kappa shape index (κ1) is 15.8. The Kier molecular flexibility index (Phi) is 4.07. The molecule has 7 heteroatoms. The molecule has 0 amide bonds. The molecule has 2 aromatic heterocycles. The highest BCUT2D eigenvalue weighted by molar-refractivity contribution is 5.92. The van der Waals surface area contributed by atoms with Crippen LogP contribution < -0.4 is 16.0 Å². The fourth-order valence-corrected chi connectivity index (χ4v) is 2.79. The number of fused-ring (bicyclic) bond motifs is 1. The van der Waals surface area contributed by atoms with Crippen LogP contribution in [0.15, 0.2) is 46.8 Å². The van der Waals surface area contributed by atoms with Crippen LogP contribution in [0.25, 0.3) is 0 Å². The number of rotatable bonds is 3. The molecule has 0 radical (unpaired) electrons. The number of ether oxygens (including phenoxy) is 2. The molecule has 0 spiro atoms. The first-order valence-electron chi connectivity index (χ1n) is 7.51. The van der Waals surface area contributed by atoms with E-state index in [1.807, 2.05) is 0 Å². The molecule has 0 saturated heterocycles.